The highest BCUT2D eigenvalue weighted by Crippen LogP contribution is 2.15. The second-order valence-corrected chi connectivity index (χ2v) is 5.61. The summed E-state index contributed by atoms with van der Waals surface area (Å²) in [5.74, 6) is -1.06. The van der Waals surface area contributed by atoms with Crippen molar-refractivity contribution >= 4 is 12.1 Å². The van der Waals surface area contributed by atoms with Gasteiger partial charge in [0.25, 0.3) is 0 Å². The lowest BCUT2D eigenvalue weighted by Gasteiger charge is -2.29. The number of rotatable bonds is 4. The average molecular weight is 279 g/mol. The first kappa shape index (κ1) is 16.0. The quantitative estimate of drug-likeness (QED) is 0.920. The van der Waals surface area contributed by atoms with Gasteiger partial charge < -0.3 is 9.84 Å². The van der Waals surface area contributed by atoms with Crippen LogP contribution in [0.4, 0.5) is 4.79 Å². The second kappa shape index (κ2) is 6.41. The van der Waals surface area contributed by atoms with E-state index in [9.17, 15) is 9.59 Å². The van der Waals surface area contributed by atoms with Crippen LogP contribution in [-0.4, -0.2) is 33.7 Å². The van der Waals surface area contributed by atoms with Gasteiger partial charge in [0.15, 0.2) is 0 Å². The number of carbonyl (C=O) groups is 2. The van der Waals surface area contributed by atoms with Crippen LogP contribution >= 0.6 is 0 Å². The number of ether oxygens (including phenoxy) is 1. The summed E-state index contributed by atoms with van der Waals surface area (Å²) in [4.78, 5) is 24.5. The van der Waals surface area contributed by atoms with Gasteiger partial charge in [-0.2, -0.15) is 0 Å². The van der Waals surface area contributed by atoms with Crippen molar-refractivity contribution in [1.82, 2.24) is 4.90 Å². The van der Waals surface area contributed by atoms with Crippen LogP contribution in [0.5, 0.6) is 0 Å². The number of nitrogens with zero attached hydrogens (tertiary/aromatic N) is 1. The van der Waals surface area contributed by atoms with Crippen LogP contribution in [0.25, 0.3) is 0 Å². The van der Waals surface area contributed by atoms with Gasteiger partial charge >= 0.3 is 12.1 Å². The number of hydrogen-bond donors (Lipinski definition) is 1. The minimum Gasteiger partial charge on any atom is -0.480 e. The van der Waals surface area contributed by atoms with Crippen LogP contribution in [0.2, 0.25) is 0 Å². The number of aliphatic carboxylic acids is 1. The molecule has 0 fully saturated rings. The first-order valence-electron chi connectivity index (χ1n) is 6.47. The minimum absolute atomic E-state index is 0.198. The molecule has 0 saturated heterocycles. The first-order chi connectivity index (χ1) is 9.20. The average Bonchev–Trinajstić information content (AvgIpc) is 2.34. The summed E-state index contributed by atoms with van der Waals surface area (Å²) in [6, 6.07) is 8.27. The monoisotopic (exact) mass is 279 g/mol. The molecule has 5 nitrogen and oxygen atoms in total. The number of carboxylic acid groups (broad SMARTS) is 1. The largest absolute Gasteiger partial charge is 0.480 e. The molecular formula is C15H21NO4. The van der Waals surface area contributed by atoms with Gasteiger partial charge in [-0.05, 0) is 33.3 Å². The predicted molar refractivity (Wildman–Crippen MR) is 75.3 cm³/mol. The number of benzene rings is 1. The molecule has 0 heterocycles. The van der Waals surface area contributed by atoms with Crippen molar-refractivity contribution in [2.75, 3.05) is 0 Å². The zero-order valence-corrected chi connectivity index (χ0v) is 12.3. The predicted octanol–water partition coefficient (Wildman–Crippen LogP) is 2.90. The summed E-state index contributed by atoms with van der Waals surface area (Å²) >= 11 is 0. The van der Waals surface area contributed by atoms with Gasteiger partial charge in [0.2, 0.25) is 0 Å². The van der Waals surface area contributed by atoms with Gasteiger partial charge in [0, 0.05) is 6.54 Å². The standard InChI is InChI=1S/C15H21NO4/c1-11(13(17)18)16(14(19)20-15(2,3)4)10-12-8-6-5-7-9-12/h5-9,11H,10H2,1-4H3,(H,17,18). The fraction of sp³-hybridized carbons (Fsp3) is 0.467. The molecule has 0 aliphatic carbocycles. The molecule has 1 aromatic rings. The number of amides is 1. The van der Waals surface area contributed by atoms with Crippen molar-refractivity contribution in [3.63, 3.8) is 0 Å². The third kappa shape index (κ3) is 4.91. The summed E-state index contributed by atoms with van der Waals surface area (Å²) in [6.45, 7) is 6.91. The Morgan fingerprint density at radius 3 is 2.25 bits per heavy atom. The Morgan fingerprint density at radius 1 is 1.25 bits per heavy atom. The van der Waals surface area contributed by atoms with E-state index >= 15 is 0 Å². The van der Waals surface area contributed by atoms with E-state index in [4.69, 9.17) is 9.84 Å². The zero-order chi connectivity index (χ0) is 15.3. The molecule has 0 bridgehead atoms. The van der Waals surface area contributed by atoms with E-state index in [0.29, 0.717) is 0 Å². The molecular weight excluding hydrogens is 258 g/mol. The molecule has 5 heteroatoms. The van der Waals surface area contributed by atoms with Crippen molar-refractivity contribution in [2.45, 2.75) is 45.9 Å². The Bertz CT molecular complexity index is 465. The molecule has 0 aliphatic rings. The topological polar surface area (TPSA) is 66.8 Å². The van der Waals surface area contributed by atoms with Crippen LogP contribution < -0.4 is 0 Å². The van der Waals surface area contributed by atoms with Crippen LogP contribution in [0.1, 0.15) is 33.3 Å². The minimum atomic E-state index is -1.06. The zero-order valence-electron chi connectivity index (χ0n) is 12.3. The molecule has 1 amide bonds. The molecule has 0 spiro atoms. The Labute approximate surface area is 119 Å². The Morgan fingerprint density at radius 2 is 1.80 bits per heavy atom. The van der Waals surface area contributed by atoms with E-state index in [1.54, 1.807) is 20.8 Å². The van der Waals surface area contributed by atoms with Crippen LogP contribution in [0, 0.1) is 0 Å². The van der Waals surface area contributed by atoms with E-state index in [-0.39, 0.29) is 6.54 Å². The van der Waals surface area contributed by atoms with Gasteiger partial charge in [-0.25, -0.2) is 9.59 Å². The van der Waals surface area contributed by atoms with Crippen LogP contribution in [0.3, 0.4) is 0 Å². The summed E-state index contributed by atoms with van der Waals surface area (Å²) in [5, 5.41) is 9.13. The fourth-order valence-corrected chi connectivity index (χ4v) is 1.59. The highest BCUT2D eigenvalue weighted by Gasteiger charge is 2.29. The van der Waals surface area contributed by atoms with Crippen molar-refractivity contribution in [1.29, 1.82) is 0 Å². The van der Waals surface area contributed by atoms with Crippen LogP contribution in [-0.2, 0) is 16.1 Å². The maximum atomic E-state index is 12.1. The molecule has 0 aromatic heterocycles. The van der Waals surface area contributed by atoms with Crippen molar-refractivity contribution in [3.8, 4) is 0 Å². The smallest absolute Gasteiger partial charge is 0.411 e. The van der Waals surface area contributed by atoms with E-state index in [1.165, 1.54) is 11.8 Å². The number of carboxylic acids is 1. The fourth-order valence-electron chi connectivity index (χ4n) is 1.59. The molecule has 110 valence electrons. The molecule has 1 N–H and O–H groups in total. The molecule has 1 atom stereocenters. The molecule has 1 aromatic carbocycles. The maximum absolute atomic E-state index is 12.1. The Balaban J connectivity index is 2.91. The van der Waals surface area contributed by atoms with Crippen LogP contribution in [0.15, 0.2) is 30.3 Å². The van der Waals surface area contributed by atoms with Gasteiger partial charge in [-0.15, -0.1) is 0 Å². The summed E-state index contributed by atoms with van der Waals surface area (Å²) in [5.41, 5.74) is 0.191. The van der Waals surface area contributed by atoms with Gasteiger partial charge in [-0.1, -0.05) is 30.3 Å². The van der Waals surface area contributed by atoms with Crippen molar-refractivity contribution in [2.24, 2.45) is 0 Å². The lowest BCUT2D eigenvalue weighted by Crippen LogP contribution is -2.45. The third-order valence-corrected chi connectivity index (χ3v) is 2.65. The molecule has 0 radical (unpaired) electrons. The molecule has 1 unspecified atom stereocenters. The first-order valence-corrected chi connectivity index (χ1v) is 6.47. The van der Waals surface area contributed by atoms with E-state index in [1.807, 2.05) is 30.3 Å². The second-order valence-electron chi connectivity index (χ2n) is 5.61. The molecule has 0 aliphatic heterocycles. The van der Waals surface area contributed by atoms with Crippen molar-refractivity contribution in [3.05, 3.63) is 35.9 Å². The third-order valence-electron chi connectivity index (χ3n) is 2.65. The number of hydrogen-bond acceptors (Lipinski definition) is 3. The lowest BCUT2D eigenvalue weighted by molar-refractivity contribution is -0.142. The summed E-state index contributed by atoms with van der Waals surface area (Å²) < 4.78 is 5.27. The van der Waals surface area contributed by atoms with Gasteiger partial charge in [-0.3, -0.25) is 4.90 Å². The lowest BCUT2D eigenvalue weighted by atomic mass is 10.2. The maximum Gasteiger partial charge on any atom is 0.411 e. The van der Waals surface area contributed by atoms with Crippen molar-refractivity contribution < 1.29 is 19.4 Å². The molecule has 0 saturated carbocycles. The normalized spacial score (nSPS) is 12.6. The summed E-state index contributed by atoms with van der Waals surface area (Å²) in [7, 11) is 0. The van der Waals surface area contributed by atoms with Gasteiger partial charge in [0.05, 0.1) is 0 Å². The molecule has 20 heavy (non-hydrogen) atoms. The number of carbonyl (C=O) groups excluding carboxylic acids is 1. The Hall–Kier alpha value is -2.04. The highest BCUT2D eigenvalue weighted by molar-refractivity contribution is 5.79. The van der Waals surface area contributed by atoms with Gasteiger partial charge in [0.1, 0.15) is 11.6 Å². The van der Waals surface area contributed by atoms with E-state index in [2.05, 4.69) is 0 Å². The van der Waals surface area contributed by atoms with E-state index < -0.39 is 23.7 Å². The summed E-state index contributed by atoms with van der Waals surface area (Å²) in [6.07, 6.45) is -0.628. The molecule has 1 rings (SSSR count). The SMILES string of the molecule is CC(C(=O)O)N(Cc1ccccc1)C(=O)OC(C)(C)C. The highest BCUT2D eigenvalue weighted by atomic mass is 16.6. The Kier molecular flexibility index (Phi) is 5.13. The van der Waals surface area contributed by atoms with E-state index in [0.717, 1.165) is 5.56 Å².